The van der Waals surface area contributed by atoms with Crippen LogP contribution in [0, 0.1) is 0 Å². The predicted molar refractivity (Wildman–Crippen MR) is 79.6 cm³/mol. The smallest absolute Gasteiger partial charge is 0.352 e. The summed E-state index contributed by atoms with van der Waals surface area (Å²) in [5.41, 5.74) is 14.8. The van der Waals surface area contributed by atoms with E-state index in [9.17, 15) is 14.2 Å². The highest BCUT2D eigenvalue weighted by molar-refractivity contribution is 7.46. The average molecular weight is 374 g/mol. The van der Waals surface area contributed by atoms with Crippen molar-refractivity contribution >= 4 is 13.5 Å². The Morgan fingerprint density at radius 1 is 1.44 bits per heavy atom. The zero-order chi connectivity index (χ0) is 18.6. The zero-order valence-electron chi connectivity index (χ0n) is 12.2. The summed E-state index contributed by atoms with van der Waals surface area (Å²) in [4.78, 5) is 47.9. The van der Waals surface area contributed by atoms with E-state index in [1.54, 1.807) is 0 Å². The van der Waals surface area contributed by atoms with Crippen LogP contribution in [0.1, 0.15) is 12.6 Å². The van der Waals surface area contributed by atoms with E-state index in [0.29, 0.717) is 0 Å². The molecule has 1 aromatic heterocycles. The number of hydrogen-bond acceptors (Lipinski definition) is 7. The molecule has 134 valence electrons. The van der Waals surface area contributed by atoms with Gasteiger partial charge in [-0.3, -0.25) is 18.9 Å². The minimum absolute atomic E-state index is 0.0408. The Kier molecular flexibility index (Phi) is 5.62. The number of aromatic nitrogens is 2. The molecule has 15 nitrogen and oxygen atoms in total. The third-order valence-electron chi connectivity index (χ3n) is 3.22. The van der Waals surface area contributed by atoms with Crippen LogP contribution in [-0.2, 0) is 13.8 Å². The summed E-state index contributed by atoms with van der Waals surface area (Å²) >= 11 is 0. The summed E-state index contributed by atoms with van der Waals surface area (Å²) in [6, 6.07) is -0.886. The van der Waals surface area contributed by atoms with Gasteiger partial charge in [0.2, 0.25) is 0 Å². The van der Waals surface area contributed by atoms with Crippen molar-refractivity contribution in [3.8, 4) is 0 Å². The number of hydrogen-bond donors (Lipinski definition) is 3. The summed E-state index contributed by atoms with van der Waals surface area (Å²) in [6.45, 7) is -0.591. The molecule has 3 atom stereocenters. The van der Waals surface area contributed by atoms with Crippen molar-refractivity contribution in [3.05, 3.63) is 47.9 Å². The Bertz CT molecular complexity index is 907. The van der Waals surface area contributed by atoms with Gasteiger partial charge in [-0.1, -0.05) is 10.2 Å². The first kappa shape index (κ1) is 18.7. The molecular weight excluding hydrogens is 363 g/mol. The second-order valence-electron chi connectivity index (χ2n) is 4.79. The molecule has 0 bridgehead atoms. The second kappa shape index (κ2) is 7.51. The van der Waals surface area contributed by atoms with Gasteiger partial charge in [0, 0.05) is 22.4 Å². The molecule has 16 heteroatoms. The van der Waals surface area contributed by atoms with E-state index in [1.807, 2.05) is 4.98 Å². The lowest BCUT2D eigenvalue weighted by Crippen LogP contribution is -2.32. The zero-order valence-corrected chi connectivity index (χ0v) is 13.1. The van der Waals surface area contributed by atoms with E-state index in [2.05, 4.69) is 24.6 Å². The third-order valence-corrected chi connectivity index (χ3v) is 3.71. The van der Waals surface area contributed by atoms with E-state index in [1.165, 1.54) is 0 Å². The molecule has 0 aromatic carbocycles. The van der Waals surface area contributed by atoms with Crippen molar-refractivity contribution in [1.82, 2.24) is 9.55 Å². The van der Waals surface area contributed by atoms with Gasteiger partial charge < -0.3 is 14.5 Å². The Labute approximate surface area is 137 Å². The second-order valence-corrected chi connectivity index (χ2v) is 6.03. The molecule has 1 fully saturated rings. The molecular formula is C9H11N8O7P. The quantitative estimate of drug-likeness (QED) is 0.277. The molecule has 1 aliphatic heterocycles. The van der Waals surface area contributed by atoms with Crippen LogP contribution < -0.4 is 11.2 Å². The first-order chi connectivity index (χ1) is 11.7. The first-order valence-electron chi connectivity index (χ1n) is 6.55. The van der Waals surface area contributed by atoms with Gasteiger partial charge in [-0.25, -0.2) is 9.36 Å². The first-order valence-corrected chi connectivity index (χ1v) is 8.08. The molecule has 1 aromatic rings. The maximum Gasteiger partial charge on any atom is 0.469 e. The minimum Gasteiger partial charge on any atom is -0.352 e. The molecule has 1 saturated heterocycles. The SMILES string of the molecule is [N-]=[N+]=Nc1cn([C@H]2C[C@H](N=[N+]=[N-])[C@@H](COP(=O)(O)O)O2)c(=O)[nH]c1=O. The van der Waals surface area contributed by atoms with Crippen LogP contribution in [-0.4, -0.2) is 38.1 Å². The molecule has 0 spiro atoms. The fraction of sp³-hybridized carbons (Fsp3) is 0.556. The normalized spacial score (nSPS) is 22.9. The van der Waals surface area contributed by atoms with E-state index in [0.717, 1.165) is 10.8 Å². The number of H-pyrrole nitrogens is 1. The van der Waals surface area contributed by atoms with Crippen molar-refractivity contribution in [1.29, 1.82) is 0 Å². The van der Waals surface area contributed by atoms with E-state index < -0.39 is 44.1 Å². The standard InChI is InChI=1S/C9H11N8O7P/c10-15-13-4-1-7(24-6(4)3-23-25(20,21)22)17-2-5(14-16-11)8(18)12-9(17)19/h2,4,6-7H,1,3H2,(H,12,18,19)(H2,20,21,22)/t4-,6+,7+/m0/s1. The van der Waals surface area contributed by atoms with E-state index >= 15 is 0 Å². The lowest BCUT2D eigenvalue weighted by atomic mass is 10.1. The average Bonchev–Trinajstić information content (AvgIpc) is 2.90. The highest BCUT2D eigenvalue weighted by atomic mass is 31.2. The van der Waals surface area contributed by atoms with Gasteiger partial charge in [0.05, 0.1) is 18.8 Å². The summed E-state index contributed by atoms with van der Waals surface area (Å²) in [7, 11) is -4.77. The topological polar surface area (TPSA) is 228 Å². The maximum absolute atomic E-state index is 11.9. The van der Waals surface area contributed by atoms with Crippen LogP contribution in [0.2, 0.25) is 0 Å². The summed E-state index contributed by atoms with van der Waals surface area (Å²) in [5, 5.41) is 6.58. The third kappa shape index (κ3) is 4.68. The van der Waals surface area contributed by atoms with Gasteiger partial charge in [-0.05, 0) is 11.1 Å². The van der Waals surface area contributed by atoms with Crippen LogP contribution in [0.15, 0.2) is 26.0 Å². The number of ether oxygens (including phenoxy) is 1. The van der Waals surface area contributed by atoms with E-state index in [-0.39, 0.29) is 12.1 Å². The van der Waals surface area contributed by atoms with Crippen molar-refractivity contribution in [2.24, 2.45) is 10.2 Å². The summed E-state index contributed by atoms with van der Waals surface area (Å²) in [5.74, 6) is 0. The number of aromatic amines is 1. The highest BCUT2D eigenvalue weighted by Crippen LogP contribution is 2.38. The van der Waals surface area contributed by atoms with Gasteiger partial charge >= 0.3 is 13.5 Å². The highest BCUT2D eigenvalue weighted by Gasteiger charge is 2.37. The van der Waals surface area contributed by atoms with Crippen molar-refractivity contribution < 1.29 is 23.6 Å². The number of rotatable bonds is 6. The van der Waals surface area contributed by atoms with Crippen molar-refractivity contribution in [3.63, 3.8) is 0 Å². The van der Waals surface area contributed by atoms with Gasteiger partial charge in [0.25, 0.3) is 5.56 Å². The lowest BCUT2D eigenvalue weighted by molar-refractivity contribution is -0.0266. The monoisotopic (exact) mass is 374 g/mol. The molecule has 2 heterocycles. The van der Waals surface area contributed by atoms with Gasteiger partial charge in [-0.2, -0.15) is 0 Å². The molecule has 0 unspecified atom stereocenters. The molecule has 3 N–H and O–H groups in total. The maximum atomic E-state index is 11.9. The van der Waals surface area contributed by atoms with Crippen molar-refractivity contribution in [2.45, 2.75) is 24.8 Å². The fourth-order valence-corrected chi connectivity index (χ4v) is 2.54. The largest absolute Gasteiger partial charge is 0.469 e. The van der Waals surface area contributed by atoms with Gasteiger partial charge in [0.15, 0.2) is 0 Å². The van der Waals surface area contributed by atoms with Gasteiger partial charge in [-0.15, -0.1) is 0 Å². The molecule has 0 radical (unpaired) electrons. The molecule has 2 rings (SSSR count). The van der Waals surface area contributed by atoms with Crippen LogP contribution in [0.3, 0.4) is 0 Å². The molecule has 0 aliphatic carbocycles. The summed E-state index contributed by atoms with van der Waals surface area (Å²) in [6.07, 6.45) is -1.17. The van der Waals surface area contributed by atoms with Crippen LogP contribution in [0.25, 0.3) is 20.9 Å². The van der Waals surface area contributed by atoms with E-state index in [4.69, 9.17) is 25.6 Å². The fourth-order valence-electron chi connectivity index (χ4n) is 2.20. The Hall–Kier alpha value is -2.63. The number of nitrogens with zero attached hydrogens (tertiary/aromatic N) is 7. The molecule has 0 saturated carbocycles. The molecule has 25 heavy (non-hydrogen) atoms. The van der Waals surface area contributed by atoms with Crippen molar-refractivity contribution in [2.75, 3.05) is 6.61 Å². The summed E-state index contributed by atoms with van der Waals surface area (Å²) < 4.78 is 21.5. The van der Waals surface area contributed by atoms with Crippen LogP contribution >= 0.6 is 7.82 Å². The van der Waals surface area contributed by atoms with Crippen LogP contribution in [0.4, 0.5) is 5.69 Å². The Morgan fingerprint density at radius 2 is 2.16 bits per heavy atom. The molecule has 0 amide bonds. The predicted octanol–water partition coefficient (Wildman–Crippen LogP) is 0.554. The number of nitrogens with one attached hydrogen (secondary N) is 1. The van der Waals surface area contributed by atoms with Gasteiger partial charge in [0.1, 0.15) is 11.9 Å². The molecule has 1 aliphatic rings. The van der Waals surface area contributed by atoms with Crippen LogP contribution in [0.5, 0.6) is 0 Å². The minimum atomic E-state index is -4.77. The number of phosphoric acid groups is 1. The number of phosphoric ester groups is 1. The Balaban J connectivity index is 2.32. The number of azide groups is 2. The lowest BCUT2D eigenvalue weighted by Gasteiger charge is -2.16. The Morgan fingerprint density at radius 3 is 2.76 bits per heavy atom.